The highest BCUT2D eigenvalue weighted by Crippen LogP contribution is 2.03. The van der Waals surface area contributed by atoms with Gasteiger partial charge in [-0.15, -0.1) is 12.3 Å². The lowest BCUT2D eigenvalue weighted by molar-refractivity contribution is 0.188. The Morgan fingerprint density at radius 2 is 2.25 bits per heavy atom. The molecule has 2 heteroatoms. The fourth-order valence-electron chi connectivity index (χ4n) is 1.16. The summed E-state index contributed by atoms with van der Waals surface area (Å²) in [5, 5.41) is 3.24. The van der Waals surface area contributed by atoms with Gasteiger partial charge < -0.3 is 10.1 Å². The molecule has 70 valence electrons. The third-order valence-electron chi connectivity index (χ3n) is 1.95. The van der Waals surface area contributed by atoms with E-state index in [2.05, 4.69) is 11.2 Å². The zero-order valence-corrected chi connectivity index (χ0v) is 8.10. The van der Waals surface area contributed by atoms with Gasteiger partial charge in [-0.3, -0.25) is 0 Å². The quantitative estimate of drug-likeness (QED) is 0.459. The van der Waals surface area contributed by atoms with Crippen LogP contribution >= 0.6 is 0 Å². The van der Waals surface area contributed by atoms with Crippen molar-refractivity contribution in [2.75, 3.05) is 20.8 Å². The van der Waals surface area contributed by atoms with Crippen molar-refractivity contribution in [3.05, 3.63) is 0 Å². The van der Waals surface area contributed by atoms with Crippen molar-refractivity contribution in [3.8, 4) is 12.3 Å². The molecule has 0 aromatic heterocycles. The molecule has 0 aromatic carbocycles. The van der Waals surface area contributed by atoms with Gasteiger partial charge in [0, 0.05) is 26.2 Å². The lowest BCUT2D eigenvalue weighted by Gasteiger charge is -2.13. The third-order valence-corrected chi connectivity index (χ3v) is 1.95. The zero-order chi connectivity index (χ0) is 9.23. The van der Waals surface area contributed by atoms with Gasteiger partial charge in [0.05, 0.1) is 0 Å². The minimum Gasteiger partial charge on any atom is -0.385 e. The van der Waals surface area contributed by atoms with Crippen LogP contribution in [0.2, 0.25) is 0 Å². The predicted molar refractivity (Wildman–Crippen MR) is 52.0 cm³/mol. The van der Waals surface area contributed by atoms with Crippen LogP contribution in [-0.2, 0) is 4.74 Å². The van der Waals surface area contributed by atoms with Crippen molar-refractivity contribution >= 4 is 0 Å². The summed E-state index contributed by atoms with van der Waals surface area (Å²) in [5.74, 6) is 2.65. The molecule has 0 heterocycles. The highest BCUT2D eigenvalue weighted by Gasteiger charge is 2.03. The number of rotatable bonds is 7. The number of ether oxygens (including phenoxy) is 1. The highest BCUT2D eigenvalue weighted by molar-refractivity contribution is 4.85. The van der Waals surface area contributed by atoms with Gasteiger partial charge in [0.2, 0.25) is 0 Å². The summed E-state index contributed by atoms with van der Waals surface area (Å²) >= 11 is 0. The van der Waals surface area contributed by atoms with Crippen LogP contribution in [0.25, 0.3) is 0 Å². The van der Waals surface area contributed by atoms with Gasteiger partial charge in [-0.05, 0) is 26.3 Å². The molecule has 0 aliphatic rings. The number of nitrogens with one attached hydrogen (secondary N) is 1. The largest absolute Gasteiger partial charge is 0.385 e. The van der Waals surface area contributed by atoms with Crippen LogP contribution in [0.4, 0.5) is 0 Å². The number of methoxy groups -OCH3 is 1. The third kappa shape index (κ3) is 6.21. The first-order chi connectivity index (χ1) is 5.85. The topological polar surface area (TPSA) is 21.3 Å². The first kappa shape index (κ1) is 11.5. The van der Waals surface area contributed by atoms with Crippen molar-refractivity contribution in [1.29, 1.82) is 0 Å². The summed E-state index contributed by atoms with van der Waals surface area (Å²) in [7, 11) is 3.71. The summed E-state index contributed by atoms with van der Waals surface area (Å²) in [5.41, 5.74) is 0. The maximum Gasteiger partial charge on any atom is 0.0462 e. The lowest BCUT2D eigenvalue weighted by Crippen LogP contribution is -2.25. The molecule has 0 radical (unpaired) electrons. The Morgan fingerprint density at radius 3 is 2.75 bits per heavy atom. The van der Waals surface area contributed by atoms with Crippen LogP contribution in [0, 0.1) is 12.3 Å². The molecule has 0 amide bonds. The van der Waals surface area contributed by atoms with Crippen molar-refractivity contribution in [1.82, 2.24) is 5.32 Å². The fraction of sp³-hybridized carbons (Fsp3) is 0.800. The Morgan fingerprint density at radius 1 is 1.50 bits per heavy atom. The van der Waals surface area contributed by atoms with E-state index in [0.717, 1.165) is 32.3 Å². The van der Waals surface area contributed by atoms with Crippen LogP contribution in [0.1, 0.15) is 25.7 Å². The van der Waals surface area contributed by atoms with Gasteiger partial charge in [0.15, 0.2) is 0 Å². The van der Waals surface area contributed by atoms with E-state index >= 15 is 0 Å². The first-order valence-corrected chi connectivity index (χ1v) is 4.44. The predicted octanol–water partition coefficient (Wildman–Crippen LogP) is 1.41. The maximum atomic E-state index is 5.18. The SMILES string of the molecule is C#CCCC(CCCOC)NC. The van der Waals surface area contributed by atoms with Gasteiger partial charge in [0.25, 0.3) is 0 Å². The Hall–Kier alpha value is -0.520. The van der Waals surface area contributed by atoms with Crippen LogP contribution in [-0.4, -0.2) is 26.8 Å². The van der Waals surface area contributed by atoms with E-state index in [1.54, 1.807) is 7.11 Å². The second kappa shape index (κ2) is 8.58. The standard InChI is InChI=1S/C10H19NO/c1-4-5-7-10(11-2)8-6-9-12-3/h1,10-11H,5-9H2,2-3H3. The molecule has 0 saturated carbocycles. The van der Waals surface area contributed by atoms with Crippen molar-refractivity contribution in [3.63, 3.8) is 0 Å². The average Bonchev–Trinajstić information content (AvgIpc) is 2.11. The van der Waals surface area contributed by atoms with Gasteiger partial charge in [-0.25, -0.2) is 0 Å². The molecule has 1 N–H and O–H groups in total. The van der Waals surface area contributed by atoms with Crippen LogP contribution in [0.15, 0.2) is 0 Å². The molecular weight excluding hydrogens is 150 g/mol. The van der Waals surface area contributed by atoms with Gasteiger partial charge in [-0.1, -0.05) is 0 Å². The monoisotopic (exact) mass is 169 g/mol. The second-order valence-corrected chi connectivity index (χ2v) is 2.86. The normalized spacial score (nSPS) is 12.4. The summed E-state index contributed by atoms with van der Waals surface area (Å²) < 4.78 is 4.97. The van der Waals surface area contributed by atoms with Crippen LogP contribution < -0.4 is 5.32 Å². The highest BCUT2D eigenvalue weighted by atomic mass is 16.5. The van der Waals surface area contributed by atoms with E-state index in [1.807, 2.05) is 7.05 Å². The van der Waals surface area contributed by atoms with Crippen molar-refractivity contribution in [2.45, 2.75) is 31.7 Å². The van der Waals surface area contributed by atoms with Gasteiger partial charge in [0.1, 0.15) is 0 Å². The van der Waals surface area contributed by atoms with E-state index in [4.69, 9.17) is 11.2 Å². The maximum absolute atomic E-state index is 5.18. The Balaban J connectivity index is 3.34. The Bertz CT molecular complexity index is 128. The first-order valence-electron chi connectivity index (χ1n) is 4.44. The van der Waals surface area contributed by atoms with Crippen molar-refractivity contribution in [2.24, 2.45) is 0 Å². The number of hydrogen-bond acceptors (Lipinski definition) is 2. The van der Waals surface area contributed by atoms with Gasteiger partial charge >= 0.3 is 0 Å². The van der Waals surface area contributed by atoms with Crippen LogP contribution in [0.3, 0.4) is 0 Å². The van der Waals surface area contributed by atoms with E-state index in [-0.39, 0.29) is 0 Å². The molecule has 0 rings (SSSR count). The van der Waals surface area contributed by atoms with Gasteiger partial charge in [-0.2, -0.15) is 0 Å². The molecule has 0 aromatic rings. The number of hydrogen-bond donors (Lipinski definition) is 1. The molecule has 1 atom stereocenters. The molecule has 0 aliphatic carbocycles. The average molecular weight is 169 g/mol. The van der Waals surface area contributed by atoms with Crippen LogP contribution in [0.5, 0.6) is 0 Å². The molecular formula is C10H19NO. The summed E-state index contributed by atoms with van der Waals surface area (Å²) in [4.78, 5) is 0. The summed E-state index contributed by atoms with van der Waals surface area (Å²) in [6, 6.07) is 0.552. The molecule has 0 aliphatic heterocycles. The molecule has 0 spiro atoms. The zero-order valence-electron chi connectivity index (χ0n) is 8.10. The summed E-state index contributed by atoms with van der Waals surface area (Å²) in [6.07, 6.45) is 9.36. The van der Waals surface area contributed by atoms with Crippen molar-refractivity contribution < 1.29 is 4.74 Å². The minimum atomic E-state index is 0.552. The molecule has 2 nitrogen and oxygen atoms in total. The molecule has 0 fully saturated rings. The number of terminal acetylenes is 1. The fourth-order valence-corrected chi connectivity index (χ4v) is 1.16. The lowest BCUT2D eigenvalue weighted by atomic mass is 10.1. The van der Waals surface area contributed by atoms with E-state index in [1.165, 1.54) is 0 Å². The Kier molecular flexibility index (Phi) is 8.20. The molecule has 12 heavy (non-hydrogen) atoms. The second-order valence-electron chi connectivity index (χ2n) is 2.86. The van der Waals surface area contributed by atoms with E-state index in [9.17, 15) is 0 Å². The molecule has 0 bridgehead atoms. The summed E-state index contributed by atoms with van der Waals surface area (Å²) in [6.45, 7) is 0.842. The molecule has 1 unspecified atom stereocenters. The van der Waals surface area contributed by atoms with E-state index in [0.29, 0.717) is 6.04 Å². The molecule has 0 saturated heterocycles. The Labute approximate surface area is 75.7 Å². The minimum absolute atomic E-state index is 0.552. The van der Waals surface area contributed by atoms with E-state index < -0.39 is 0 Å². The smallest absolute Gasteiger partial charge is 0.0462 e.